The first-order chi connectivity index (χ1) is 17.8. The zero-order chi connectivity index (χ0) is 26.8. The van der Waals surface area contributed by atoms with Crippen LogP contribution in [0, 0.1) is 18.3 Å². The van der Waals surface area contributed by atoms with Gasteiger partial charge in [0, 0.05) is 6.07 Å². The van der Waals surface area contributed by atoms with Gasteiger partial charge in [0.25, 0.3) is 15.9 Å². The minimum Gasteiger partial charge on any atom is -0.493 e. The summed E-state index contributed by atoms with van der Waals surface area (Å²) in [7, 11) is -1.30. The fourth-order valence-electron chi connectivity index (χ4n) is 3.24. The average Bonchev–Trinajstić information content (AvgIpc) is 2.91. The lowest BCUT2D eigenvalue weighted by Crippen LogP contribution is -2.39. The molecule has 0 aliphatic rings. The minimum absolute atomic E-state index is 0.0623. The highest BCUT2D eigenvalue weighted by molar-refractivity contribution is 7.92. The summed E-state index contributed by atoms with van der Waals surface area (Å²) in [5.41, 5.74) is 4.27. The quantitative estimate of drug-likeness (QED) is 0.302. The average molecular weight is 523 g/mol. The van der Waals surface area contributed by atoms with Crippen molar-refractivity contribution in [3.8, 4) is 23.3 Å². The molecule has 3 aromatic carbocycles. The molecule has 0 aliphatic carbocycles. The number of aryl methyl sites for hydroxylation is 1. The molecular weight excluding hydrogens is 496 g/mol. The summed E-state index contributed by atoms with van der Waals surface area (Å²) < 4.78 is 43.8. The summed E-state index contributed by atoms with van der Waals surface area (Å²) >= 11 is 0. The van der Waals surface area contributed by atoms with Crippen LogP contribution in [0.3, 0.4) is 0 Å². The maximum absolute atomic E-state index is 13.6. The molecule has 1 N–H and O–H groups in total. The van der Waals surface area contributed by atoms with E-state index < -0.39 is 22.5 Å². The molecule has 0 spiro atoms. The molecule has 192 valence electrons. The van der Waals surface area contributed by atoms with E-state index in [0.29, 0.717) is 22.7 Å². The van der Waals surface area contributed by atoms with Gasteiger partial charge in [-0.1, -0.05) is 17.7 Å². The molecule has 37 heavy (non-hydrogen) atoms. The zero-order valence-electron chi connectivity index (χ0n) is 20.5. The second kappa shape index (κ2) is 12.4. The summed E-state index contributed by atoms with van der Waals surface area (Å²) in [6.07, 6.45) is 1.41. The number of nitrogens with one attached hydrogen (secondary N) is 1. The van der Waals surface area contributed by atoms with Gasteiger partial charge in [-0.05, 0) is 61.0 Å². The first kappa shape index (κ1) is 27.0. The number of ether oxygens (including phenoxy) is 3. The van der Waals surface area contributed by atoms with Gasteiger partial charge in [-0.25, -0.2) is 13.8 Å². The molecule has 0 unspecified atom stereocenters. The Morgan fingerprint density at radius 2 is 1.70 bits per heavy atom. The molecule has 0 saturated carbocycles. The highest BCUT2D eigenvalue weighted by Crippen LogP contribution is 2.32. The number of anilines is 1. The molecule has 0 aliphatic heterocycles. The van der Waals surface area contributed by atoms with Gasteiger partial charge >= 0.3 is 0 Å². The van der Waals surface area contributed by atoms with Gasteiger partial charge in [0.2, 0.25) is 0 Å². The molecule has 0 radical (unpaired) electrons. The molecule has 3 aromatic rings. The van der Waals surface area contributed by atoms with Gasteiger partial charge in [-0.3, -0.25) is 9.10 Å². The number of carbonyl (C=O) groups is 1. The molecule has 0 aromatic heterocycles. The first-order valence-electron chi connectivity index (χ1n) is 11.0. The van der Waals surface area contributed by atoms with Crippen LogP contribution >= 0.6 is 0 Å². The van der Waals surface area contributed by atoms with E-state index in [4.69, 9.17) is 19.5 Å². The molecule has 10 nitrogen and oxygen atoms in total. The number of methoxy groups -OCH3 is 2. The van der Waals surface area contributed by atoms with Crippen LogP contribution in [0.5, 0.6) is 17.2 Å². The first-order valence-corrected chi connectivity index (χ1v) is 12.5. The number of benzene rings is 3. The standard InChI is InChI=1S/C26H26N4O6S/c1-19-4-8-21(9-5-19)30(37(32,33)23-12-13-24(34-2)25(16-23)35-3)18-26(31)29-28-17-20-6-10-22(11-7-20)36-15-14-27/h4-13,16-17H,15,18H2,1-3H3,(H,29,31)/b28-17-. The molecule has 0 bridgehead atoms. The van der Waals surface area contributed by atoms with Gasteiger partial charge < -0.3 is 14.2 Å². The maximum Gasteiger partial charge on any atom is 0.264 e. The number of hydrogen-bond acceptors (Lipinski definition) is 8. The van der Waals surface area contributed by atoms with Gasteiger partial charge in [-0.15, -0.1) is 0 Å². The Morgan fingerprint density at radius 1 is 1.03 bits per heavy atom. The fourth-order valence-corrected chi connectivity index (χ4v) is 4.68. The topological polar surface area (TPSA) is 130 Å². The molecule has 3 rings (SSSR count). The summed E-state index contributed by atoms with van der Waals surface area (Å²) in [6.45, 7) is 1.30. The van der Waals surface area contributed by atoms with Gasteiger partial charge in [0.15, 0.2) is 18.1 Å². The van der Waals surface area contributed by atoms with Crippen LogP contribution in [0.4, 0.5) is 5.69 Å². The number of nitrogens with zero attached hydrogens (tertiary/aromatic N) is 3. The van der Waals surface area contributed by atoms with Crippen molar-refractivity contribution in [1.29, 1.82) is 5.26 Å². The fraction of sp³-hybridized carbons (Fsp3) is 0.192. The maximum atomic E-state index is 13.6. The van der Waals surface area contributed by atoms with E-state index in [0.717, 1.165) is 9.87 Å². The van der Waals surface area contributed by atoms with E-state index in [1.807, 2.05) is 13.0 Å². The van der Waals surface area contributed by atoms with E-state index in [-0.39, 0.29) is 17.3 Å². The lowest BCUT2D eigenvalue weighted by atomic mass is 10.2. The molecule has 0 fully saturated rings. The van der Waals surface area contributed by atoms with Crippen molar-refractivity contribution < 1.29 is 27.4 Å². The Labute approximate surface area is 215 Å². The Balaban J connectivity index is 1.81. The number of hydrogen-bond donors (Lipinski definition) is 1. The van der Waals surface area contributed by atoms with Crippen LogP contribution in [-0.4, -0.2) is 47.9 Å². The molecule has 0 heterocycles. The van der Waals surface area contributed by atoms with Gasteiger partial charge in [0.1, 0.15) is 18.4 Å². The monoisotopic (exact) mass is 522 g/mol. The molecule has 11 heteroatoms. The van der Waals surface area contributed by atoms with Gasteiger partial charge in [0.05, 0.1) is 31.0 Å². The molecule has 0 saturated heterocycles. The summed E-state index contributed by atoms with van der Waals surface area (Å²) in [5.74, 6) is 0.497. The highest BCUT2D eigenvalue weighted by Gasteiger charge is 2.28. The smallest absolute Gasteiger partial charge is 0.264 e. The Bertz CT molecular complexity index is 1400. The van der Waals surface area contributed by atoms with Crippen molar-refractivity contribution in [1.82, 2.24) is 5.43 Å². The third-order valence-electron chi connectivity index (χ3n) is 5.14. The molecular formula is C26H26N4O6S. The third-order valence-corrected chi connectivity index (χ3v) is 6.91. The van der Waals surface area contributed by atoms with Crippen molar-refractivity contribution >= 4 is 27.8 Å². The van der Waals surface area contributed by atoms with Crippen LogP contribution in [-0.2, 0) is 14.8 Å². The SMILES string of the molecule is COc1ccc(S(=O)(=O)N(CC(=O)N/N=C\c2ccc(OCC#N)cc2)c2ccc(C)cc2)cc1OC. The summed E-state index contributed by atoms with van der Waals surface area (Å²) in [4.78, 5) is 12.7. The van der Waals surface area contributed by atoms with E-state index in [9.17, 15) is 13.2 Å². The third kappa shape index (κ3) is 6.99. The van der Waals surface area contributed by atoms with Crippen LogP contribution in [0.15, 0.2) is 76.7 Å². The molecule has 0 atom stereocenters. The predicted octanol–water partition coefficient (Wildman–Crippen LogP) is 3.26. The van der Waals surface area contributed by atoms with Crippen molar-refractivity contribution in [2.24, 2.45) is 5.10 Å². The predicted molar refractivity (Wildman–Crippen MR) is 139 cm³/mol. The Kier molecular flexibility index (Phi) is 9.07. The van der Waals surface area contributed by atoms with Gasteiger partial charge in [-0.2, -0.15) is 10.4 Å². The number of hydrazone groups is 1. The second-order valence-corrected chi connectivity index (χ2v) is 9.54. The van der Waals surface area contributed by atoms with Crippen molar-refractivity contribution in [2.75, 3.05) is 31.7 Å². The van der Waals surface area contributed by atoms with Crippen LogP contribution < -0.4 is 23.9 Å². The van der Waals surface area contributed by atoms with E-state index in [1.54, 1.807) is 48.5 Å². The largest absolute Gasteiger partial charge is 0.493 e. The minimum atomic E-state index is -4.16. The van der Waals surface area contributed by atoms with Crippen LogP contribution in [0.25, 0.3) is 0 Å². The normalized spacial score (nSPS) is 11.0. The van der Waals surface area contributed by atoms with Crippen molar-refractivity contribution in [3.05, 3.63) is 77.9 Å². The lowest BCUT2D eigenvalue weighted by molar-refractivity contribution is -0.119. The number of nitriles is 1. The van der Waals surface area contributed by atoms with Crippen LogP contribution in [0.1, 0.15) is 11.1 Å². The zero-order valence-corrected chi connectivity index (χ0v) is 21.4. The Morgan fingerprint density at radius 3 is 2.32 bits per heavy atom. The lowest BCUT2D eigenvalue weighted by Gasteiger charge is -2.24. The highest BCUT2D eigenvalue weighted by atomic mass is 32.2. The second-order valence-electron chi connectivity index (χ2n) is 7.67. The van der Waals surface area contributed by atoms with E-state index in [2.05, 4.69) is 10.5 Å². The van der Waals surface area contributed by atoms with Crippen LogP contribution in [0.2, 0.25) is 0 Å². The Hall–Kier alpha value is -4.56. The van der Waals surface area contributed by atoms with E-state index >= 15 is 0 Å². The summed E-state index contributed by atoms with van der Waals surface area (Å²) in [5, 5.41) is 12.5. The van der Waals surface area contributed by atoms with Crippen molar-refractivity contribution in [3.63, 3.8) is 0 Å². The summed E-state index contributed by atoms with van der Waals surface area (Å²) in [6, 6.07) is 19.6. The van der Waals surface area contributed by atoms with Crippen molar-refractivity contribution in [2.45, 2.75) is 11.8 Å². The number of sulfonamides is 1. The molecule has 1 amide bonds. The number of amides is 1. The van der Waals surface area contributed by atoms with E-state index in [1.165, 1.54) is 38.6 Å². The number of rotatable bonds is 11. The number of carbonyl (C=O) groups excluding carboxylic acids is 1.